The number of carbonyl (C=O) groups excluding carboxylic acids is 1. The largest absolute Gasteiger partial charge is 0.507 e. The van der Waals surface area contributed by atoms with Gasteiger partial charge in [0.25, 0.3) is 11.5 Å². The van der Waals surface area contributed by atoms with Crippen molar-refractivity contribution in [1.82, 2.24) is 9.99 Å². The molecule has 1 heterocycles. The maximum Gasteiger partial charge on any atom is 0.269 e. The Labute approximate surface area is 200 Å². The van der Waals surface area contributed by atoms with Crippen LogP contribution < -0.4 is 11.0 Å². The second-order valence-electron chi connectivity index (χ2n) is 10.4. The van der Waals surface area contributed by atoms with Crippen LogP contribution in [-0.2, 0) is 33.5 Å². The van der Waals surface area contributed by atoms with E-state index >= 15 is 0 Å². The zero-order chi connectivity index (χ0) is 25.8. The number of aromatic nitrogens is 1. The summed E-state index contributed by atoms with van der Waals surface area (Å²) >= 11 is 0. The van der Waals surface area contributed by atoms with Crippen molar-refractivity contribution in [3.8, 4) is 11.8 Å². The van der Waals surface area contributed by atoms with Gasteiger partial charge < -0.3 is 14.4 Å². The minimum atomic E-state index is -0.545. The smallest absolute Gasteiger partial charge is 0.269 e. The number of ether oxygens (including phenoxy) is 1. The number of hydrogen-bond acceptors (Lipinski definition) is 6. The van der Waals surface area contributed by atoms with Gasteiger partial charge >= 0.3 is 0 Å². The first-order chi connectivity index (χ1) is 15.7. The fourth-order valence-electron chi connectivity index (χ4n) is 3.65. The lowest BCUT2D eigenvalue weighted by Gasteiger charge is -2.27. The van der Waals surface area contributed by atoms with E-state index in [1.165, 1.54) is 17.9 Å². The summed E-state index contributed by atoms with van der Waals surface area (Å²) in [7, 11) is 1.48. The molecule has 8 nitrogen and oxygen atoms in total. The van der Waals surface area contributed by atoms with E-state index in [1.54, 1.807) is 13.0 Å². The van der Waals surface area contributed by atoms with Gasteiger partial charge in [-0.25, -0.2) is 5.43 Å². The lowest BCUT2D eigenvalue weighted by molar-refractivity contribution is -0.121. The van der Waals surface area contributed by atoms with Crippen LogP contribution in [0.5, 0.6) is 5.75 Å². The number of nitrogens with zero attached hydrogens (tertiary/aromatic N) is 3. The summed E-state index contributed by atoms with van der Waals surface area (Å²) in [6.45, 7) is 13.7. The number of benzene rings is 1. The van der Waals surface area contributed by atoms with Gasteiger partial charge in [0.1, 0.15) is 23.9 Å². The van der Waals surface area contributed by atoms with Gasteiger partial charge in [0.15, 0.2) is 0 Å². The van der Waals surface area contributed by atoms with Crippen molar-refractivity contribution < 1.29 is 14.6 Å². The van der Waals surface area contributed by atoms with E-state index in [1.807, 2.05) is 59.7 Å². The Morgan fingerprint density at radius 3 is 2.21 bits per heavy atom. The third kappa shape index (κ3) is 6.12. The van der Waals surface area contributed by atoms with Gasteiger partial charge in [-0.3, -0.25) is 9.59 Å². The van der Waals surface area contributed by atoms with E-state index in [0.29, 0.717) is 11.3 Å². The van der Waals surface area contributed by atoms with Crippen molar-refractivity contribution in [3.05, 3.63) is 62.1 Å². The summed E-state index contributed by atoms with van der Waals surface area (Å²) < 4.78 is 6.28. The Bertz CT molecular complexity index is 1170. The lowest BCUT2D eigenvalue weighted by Crippen LogP contribution is -2.33. The molecule has 0 atom stereocenters. The standard InChI is InChI=1S/C26H34N4O4/c1-16-9-18(15-34-8)19(12-27)24(33)30(16)14-22(31)29-28-13-17-10-20(25(2,3)4)23(32)21(11-17)26(5,6)7/h9-11,13,32H,14-15H2,1-8H3,(H,29,31)/b28-13+. The molecule has 2 N–H and O–H groups in total. The van der Waals surface area contributed by atoms with Gasteiger partial charge in [-0.15, -0.1) is 0 Å². The Kier molecular flexibility index (Phi) is 8.06. The average Bonchev–Trinajstić information content (AvgIpc) is 2.71. The number of rotatable bonds is 6. The SMILES string of the molecule is COCc1cc(C)n(CC(=O)N/N=C/c2cc(C(C)(C)C)c(O)c(C(C)(C)C)c2)c(=O)c1C#N. The molecule has 0 unspecified atom stereocenters. The fourth-order valence-corrected chi connectivity index (χ4v) is 3.65. The van der Waals surface area contributed by atoms with Crippen molar-refractivity contribution in [2.45, 2.75) is 72.4 Å². The van der Waals surface area contributed by atoms with E-state index in [2.05, 4.69) is 10.5 Å². The van der Waals surface area contributed by atoms with E-state index in [0.717, 1.165) is 16.7 Å². The third-order valence-electron chi connectivity index (χ3n) is 5.45. The topological polar surface area (TPSA) is 117 Å². The van der Waals surface area contributed by atoms with Crippen LogP contribution in [-0.4, -0.2) is 28.9 Å². The molecule has 0 bridgehead atoms. The predicted molar refractivity (Wildman–Crippen MR) is 132 cm³/mol. The maximum atomic E-state index is 12.7. The first kappa shape index (κ1) is 26.8. The highest BCUT2D eigenvalue weighted by Crippen LogP contribution is 2.39. The number of amides is 1. The highest BCUT2D eigenvalue weighted by molar-refractivity contribution is 5.83. The van der Waals surface area contributed by atoms with Crippen LogP contribution in [0.1, 0.15) is 75.1 Å². The predicted octanol–water partition coefficient (Wildman–Crippen LogP) is 3.63. The van der Waals surface area contributed by atoms with Gasteiger partial charge in [-0.1, -0.05) is 41.5 Å². The molecule has 1 amide bonds. The van der Waals surface area contributed by atoms with Crippen LogP contribution in [0.15, 0.2) is 28.1 Å². The molecule has 2 rings (SSSR count). The van der Waals surface area contributed by atoms with Crippen LogP contribution in [0.4, 0.5) is 0 Å². The van der Waals surface area contributed by atoms with Gasteiger partial charge in [-0.05, 0) is 41.5 Å². The minimum absolute atomic E-state index is 0.0442. The number of aromatic hydroxyl groups is 1. The number of phenols is 1. The average molecular weight is 467 g/mol. The lowest BCUT2D eigenvalue weighted by atomic mass is 9.78. The van der Waals surface area contributed by atoms with Crippen LogP contribution in [0.25, 0.3) is 0 Å². The number of methoxy groups -OCH3 is 1. The third-order valence-corrected chi connectivity index (χ3v) is 5.45. The fraction of sp³-hybridized carbons (Fsp3) is 0.462. The molecule has 0 aliphatic rings. The Morgan fingerprint density at radius 2 is 1.74 bits per heavy atom. The van der Waals surface area contributed by atoms with Crippen molar-refractivity contribution in [3.63, 3.8) is 0 Å². The van der Waals surface area contributed by atoms with Gasteiger partial charge in [0, 0.05) is 29.5 Å². The number of carbonyl (C=O) groups is 1. The summed E-state index contributed by atoms with van der Waals surface area (Å²) in [5.74, 6) is -0.239. The molecule has 182 valence electrons. The number of pyridine rings is 1. The first-order valence-electron chi connectivity index (χ1n) is 11.0. The summed E-state index contributed by atoms with van der Waals surface area (Å²) in [5.41, 5.74) is 4.61. The zero-order valence-electron chi connectivity index (χ0n) is 21.2. The summed E-state index contributed by atoms with van der Waals surface area (Å²) in [6.07, 6.45) is 1.51. The number of aryl methyl sites for hydroxylation is 1. The normalized spacial score (nSPS) is 12.1. The van der Waals surface area contributed by atoms with Gasteiger partial charge in [-0.2, -0.15) is 10.4 Å². The van der Waals surface area contributed by atoms with Crippen molar-refractivity contribution in [2.24, 2.45) is 5.10 Å². The monoisotopic (exact) mass is 466 g/mol. The van der Waals surface area contributed by atoms with E-state index < -0.39 is 11.5 Å². The molecule has 0 fully saturated rings. The van der Waals surface area contributed by atoms with Crippen LogP contribution in [0.2, 0.25) is 0 Å². The number of nitriles is 1. The summed E-state index contributed by atoms with van der Waals surface area (Å²) in [6, 6.07) is 7.26. The maximum absolute atomic E-state index is 12.7. The van der Waals surface area contributed by atoms with Gasteiger partial charge in [0.05, 0.1) is 12.8 Å². The minimum Gasteiger partial charge on any atom is -0.507 e. The molecular weight excluding hydrogens is 432 g/mol. The molecular formula is C26H34N4O4. The van der Waals surface area contributed by atoms with E-state index in [4.69, 9.17) is 4.74 Å². The molecule has 0 radical (unpaired) electrons. The molecule has 0 saturated heterocycles. The molecule has 1 aromatic heterocycles. The molecule has 0 spiro atoms. The van der Waals surface area contributed by atoms with Crippen molar-refractivity contribution in [1.29, 1.82) is 5.26 Å². The van der Waals surface area contributed by atoms with E-state index in [9.17, 15) is 20.0 Å². The Morgan fingerprint density at radius 1 is 1.18 bits per heavy atom. The van der Waals surface area contributed by atoms with Crippen LogP contribution >= 0.6 is 0 Å². The highest BCUT2D eigenvalue weighted by Gasteiger charge is 2.26. The first-order valence-corrected chi connectivity index (χ1v) is 11.0. The van der Waals surface area contributed by atoms with Crippen LogP contribution in [0, 0.1) is 18.3 Å². The molecule has 1 aromatic carbocycles. The Balaban J connectivity index is 2.30. The summed E-state index contributed by atoms with van der Waals surface area (Å²) in [4.78, 5) is 25.2. The van der Waals surface area contributed by atoms with Crippen LogP contribution in [0.3, 0.4) is 0 Å². The second kappa shape index (κ2) is 10.2. The van der Waals surface area contributed by atoms with Crippen molar-refractivity contribution in [2.75, 3.05) is 7.11 Å². The quantitative estimate of drug-likeness (QED) is 0.498. The number of hydrogen-bond donors (Lipinski definition) is 2. The molecule has 0 saturated carbocycles. The molecule has 2 aromatic rings. The molecule has 34 heavy (non-hydrogen) atoms. The second-order valence-corrected chi connectivity index (χ2v) is 10.4. The molecule has 8 heteroatoms. The number of phenolic OH excluding ortho intramolecular Hbond substituents is 1. The van der Waals surface area contributed by atoms with E-state index in [-0.39, 0.29) is 35.3 Å². The van der Waals surface area contributed by atoms with Gasteiger partial charge in [0.2, 0.25) is 0 Å². The molecule has 0 aliphatic heterocycles. The van der Waals surface area contributed by atoms with Crippen molar-refractivity contribution >= 4 is 12.1 Å². The molecule has 0 aliphatic carbocycles. The number of nitrogens with one attached hydrogen (secondary N) is 1. The summed E-state index contributed by atoms with van der Waals surface area (Å²) in [5, 5.41) is 24.2. The number of hydrazone groups is 1. The zero-order valence-corrected chi connectivity index (χ0v) is 21.2. The Hall–Kier alpha value is -3.44. The highest BCUT2D eigenvalue weighted by atomic mass is 16.5.